The van der Waals surface area contributed by atoms with Gasteiger partial charge in [-0.2, -0.15) is 0 Å². The topological polar surface area (TPSA) is 69.9 Å². The highest BCUT2D eigenvalue weighted by Gasteiger charge is 2.27. The minimum atomic E-state index is -0.424. The Morgan fingerprint density at radius 3 is 2.48 bits per heavy atom. The SMILES string of the molecule is Cc1ccc(C(=O)[C@H](Sc2nnnn2C[C@H]2CCCO2)c2ccc(C)cc2)cc1. The van der Waals surface area contributed by atoms with E-state index in [4.69, 9.17) is 4.74 Å². The third kappa shape index (κ3) is 4.74. The summed E-state index contributed by atoms with van der Waals surface area (Å²) in [7, 11) is 0. The molecule has 2 heterocycles. The van der Waals surface area contributed by atoms with E-state index in [2.05, 4.69) is 15.5 Å². The van der Waals surface area contributed by atoms with Gasteiger partial charge in [-0.1, -0.05) is 71.4 Å². The fourth-order valence-corrected chi connectivity index (χ4v) is 4.43. The summed E-state index contributed by atoms with van der Waals surface area (Å²) in [5, 5.41) is 12.4. The lowest BCUT2D eigenvalue weighted by Crippen LogP contribution is -2.18. The maximum atomic E-state index is 13.4. The number of nitrogens with zero attached hydrogens (tertiary/aromatic N) is 4. The molecule has 1 aliphatic rings. The van der Waals surface area contributed by atoms with Gasteiger partial charge in [0.25, 0.3) is 0 Å². The minimum absolute atomic E-state index is 0.0468. The maximum Gasteiger partial charge on any atom is 0.210 e. The van der Waals surface area contributed by atoms with E-state index in [1.807, 2.05) is 62.4 Å². The van der Waals surface area contributed by atoms with Crippen molar-refractivity contribution in [2.45, 2.75) is 49.7 Å². The number of Topliss-reactive ketones (excluding diaryl/α,β-unsaturated/α-hetero) is 1. The molecule has 1 aromatic heterocycles. The average molecular weight is 409 g/mol. The first-order valence-electron chi connectivity index (χ1n) is 9.82. The molecule has 150 valence electrons. The summed E-state index contributed by atoms with van der Waals surface area (Å²) in [5.74, 6) is 0.0468. The maximum absolute atomic E-state index is 13.4. The molecule has 6 nitrogen and oxygen atoms in total. The van der Waals surface area contributed by atoms with Crippen LogP contribution < -0.4 is 0 Å². The minimum Gasteiger partial charge on any atom is -0.376 e. The molecule has 2 aromatic carbocycles. The molecule has 0 aliphatic carbocycles. The largest absolute Gasteiger partial charge is 0.376 e. The van der Waals surface area contributed by atoms with Crippen LogP contribution in [0.15, 0.2) is 53.7 Å². The van der Waals surface area contributed by atoms with Crippen molar-refractivity contribution < 1.29 is 9.53 Å². The molecule has 0 radical (unpaired) electrons. The molecule has 3 aromatic rings. The molecule has 0 spiro atoms. The zero-order valence-electron chi connectivity index (χ0n) is 16.6. The Hall–Kier alpha value is -2.51. The molecular formula is C22H24N4O2S. The van der Waals surface area contributed by atoms with Gasteiger partial charge >= 0.3 is 0 Å². The number of carbonyl (C=O) groups excluding carboxylic acids is 1. The zero-order valence-corrected chi connectivity index (χ0v) is 17.4. The van der Waals surface area contributed by atoms with Crippen LogP contribution in [0.3, 0.4) is 0 Å². The second kappa shape index (κ2) is 8.88. The summed E-state index contributed by atoms with van der Waals surface area (Å²) >= 11 is 1.39. The Labute approximate surface area is 174 Å². The summed E-state index contributed by atoms with van der Waals surface area (Å²) in [5.41, 5.74) is 3.91. The molecule has 0 bridgehead atoms. The van der Waals surface area contributed by atoms with E-state index in [-0.39, 0.29) is 11.9 Å². The van der Waals surface area contributed by atoms with Crippen LogP contribution in [0, 0.1) is 13.8 Å². The molecule has 29 heavy (non-hydrogen) atoms. The number of hydrogen-bond acceptors (Lipinski definition) is 6. The molecule has 2 atom stereocenters. The van der Waals surface area contributed by atoms with E-state index in [0.29, 0.717) is 17.3 Å². The van der Waals surface area contributed by atoms with Crippen LogP contribution in [-0.2, 0) is 11.3 Å². The molecular weight excluding hydrogens is 384 g/mol. The molecule has 0 amide bonds. The summed E-state index contributed by atoms with van der Waals surface area (Å²) in [6, 6.07) is 15.8. The van der Waals surface area contributed by atoms with E-state index in [1.54, 1.807) is 4.68 Å². The summed E-state index contributed by atoms with van der Waals surface area (Å²) in [6.45, 7) is 5.44. The van der Waals surface area contributed by atoms with Crippen LogP contribution in [0.25, 0.3) is 0 Å². The van der Waals surface area contributed by atoms with Gasteiger partial charge in [0, 0.05) is 12.2 Å². The number of ketones is 1. The van der Waals surface area contributed by atoms with Crippen LogP contribution in [-0.4, -0.2) is 38.7 Å². The van der Waals surface area contributed by atoms with E-state index in [0.717, 1.165) is 36.1 Å². The van der Waals surface area contributed by atoms with E-state index < -0.39 is 5.25 Å². The van der Waals surface area contributed by atoms with Crippen LogP contribution in [0.2, 0.25) is 0 Å². The fraction of sp³-hybridized carbons (Fsp3) is 0.364. The van der Waals surface area contributed by atoms with Gasteiger partial charge in [-0.25, -0.2) is 4.68 Å². The predicted octanol–water partition coefficient (Wildman–Crippen LogP) is 4.19. The second-order valence-electron chi connectivity index (χ2n) is 7.42. The van der Waals surface area contributed by atoms with Gasteiger partial charge < -0.3 is 4.74 Å². The van der Waals surface area contributed by atoms with Gasteiger partial charge in [-0.05, 0) is 42.7 Å². The van der Waals surface area contributed by atoms with Crippen molar-refractivity contribution in [2.24, 2.45) is 0 Å². The van der Waals surface area contributed by atoms with E-state index >= 15 is 0 Å². The van der Waals surface area contributed by atoms with Gasteiger partial charge in [-0.15, -0.1) is 5.10 Å². The zero-order chi connectivity index (χ0) is 20.2. The first kappa shape index (κ1) is 19.8. The fourth-order valence-electron chi connectivity index (χ4n) is 3.37. The van der Waals surface area contributed by atoms with Crippen molar-refractivity contribution in [3.8, 4) is 0 Å². The Morgan fingerprint density at radius 1 is 1.14 bits per heavy atom. The van der Waals surface area contributed by atoms with Gasteiger partial charge in [0.1, 0.15) is 5.25 Å². The number of aromatic nitrogens is 4. The first-order valence-corrected chi connectivity index (χ1v) is 10.7. The molecule has 1 fully saturated rings. The number of rotatable bonds is 7. The first-order chi connectivity index (χ1) is 14.1. The third-order valence-electron chi connectivity index (χ3n) is 5.08. The van der Waals surface area contributed by atoms with Crippen molar-refractivity contribution in [2.75, 3.05) is 6.61 Å². The Kier molecular flexibility index (Phi) is 6.06. The van der Waals surface area contributed by atoms with Crippen molar-refractivity contribution in [1.29, 1.82) is 0 Å². The lowest BCUT2D eigenvalue weighted by atomic mass is 10.0. The average Bonchev–Trinajstić information content (AvgIpc) is 3.40. The number of ether oxygens (including phenoxy) is 1. The third-order valence-corrected chi connectivity index (χ3v) is 6.30. The number of hydrogen-bond donors (Lipinski definition) is 0. The lowest BCUT2D eigenvalue weighted by molar-refractivity contribution is 0.0911. The van der Waals surface area contributed by atoms with Crippen LogP contribution in [0.1, 0.15) is 45.1 Å². The number of carbonyl (C=O) groups is 1. The van der Waals surface area contributed by atoms with E-state index in [9.17, 15) is 4.79 Å². The Balaban J connectivity index is 1.62. The number of benzene rings is 2. The molecule has 1 aliphatic heterocycles. The second-order valence-corrected chi connectivity index (χ2v) is 8.49. The highest BCUT2D eigenvalue weighted by atomic mass is 32.2. The lowest BCUT2D eigenvalue weighted by Gasteiger charge is -2.17. The Bertz CT molecular complexity index is 963. The van der Waals surface area contributed by atoms with Crippen LogP contribution in [0.4, 0.5) is 0 Å². The van der Waals surface area contributed by atoms with E-state index in [1.165, 1.54) is 11.8 Å². The monoisotopic (exact) mass is 408 g/mol. The van der Waals surface area contributed by atoms with Crippen molar-refractivity contribution in [3.63, 3.8) is 0 Å². The summed E-state index contributed by atoms with van der Waals surface area (Å²) in [6.07, 6.45) is 2.20. The van der Waals surface area contributed by atoms with Crippen molar-refractivity contribution in [3.05, 3.63) is 70.8 Å². The summed E-state index contributed by atoms with van der Waals surface area (Å²) < 4.78 is 7.47. The summed E-state index contributed by atoms with van der Waals surface area (Å²) in [4.78, 5) is 13.4. The van der Waals surface area contributed by atoms with Gasteiger partial charge in [0.15, 0.2) is 5.78 Å². The highest BCUT2D eigenvalue weighted by molar-refractivity contribution is 8.00. The molecule has 4 rings (SSSR count). The predicted molar refractivity (Wildman–Crippen MR) is 112 cm³/mol. The highest BCUT2D eigenvalue weighted by Crippen LogP contribution is 2.37. The van der Waals surface area contributed by atoms with Gasteiger partial charge in [-0.3, -0.25) is 4.79 Å². The van der Waals surface area contributed by atoms with Crippen LogP contribution in [0.5, 0.6) is 0 Å². The Morgan fingerprint density at radius 2 is 1.83 bits per heavy atom. The molecule has 0 unspecified atom stereocenters. The van der Waals surface area contributed by atoms with Gasteiger partial charge in [0.05, 0.1) is 12.6 Å². The molecule has 0 N–H and O–H groups in total. The normalized spacial score (nSPS) is 17.4. The quantitative estimate of drug-likeness (QED) is 0.431. The van der Waals surface area contributed by atoms with Crippen molar-refractivity contribution >= 4 is 17.5 Å². The number of aryl methyl sites for hydroxylation is 2. The number of tetrazole rings is 1. The molecule has 0 saturated carbocycles. The smallest absolute Gasteiger partial charge is 0.210 e. The van der Waals surface area contributed by atoms with Gasteiger partial charge in [0.2, 0.25) is 5.16 Å². The molecule has 7 heteroatoms. The van der Waals surface area contributed by atoms with Crippen LogP contribution >= 0.6 is 11.8 Å². The van der Waals surface area contributed by atoms with Crippen molar-refractivity contribution in [1.82, 2.24) is 20.2 Å². The number of thioether (sulfide) groups is 1. The standard InChI is InChI=1S/C22H24N4O2S/c1-15-5-9-17(10-6-15)20(27)21(18-11-7-16(2)8-12-18)29-22-23-24-25-26(22)14-19-4-3-13-28-19/h5-12,19,21H,3-4,13-14H2,1-2H3/t19-,21-/m1/s1. The molecule has 1 saturated heterocycles.